The molecule has 0 heterocycles. The molecule has 0 unspecified atom stereocenters. The molecule has 4 aromatic rings. The van der Waals surface area contributed by atoms with Gasteiger partial charge in [0.05, 0.1) is 0 Å². The van der Waals surface area contributed by atoms with Crippen LogP contribution in [-0.4, -0.2) is 0 Å². The summed E-state index contributed by atoms with van der Waals surface area (Å²) in [6.07, 6.45) is 2.47. The van der Waals surface area contributed by atoms with Crippen LogP contribution >= 0.6 is 0 Å². The molecule has 0 saturated carbocycles. The third-order valence-corrected chi connectivity index (χ3v) is 5.69. The number of fused-ring (bicyclic) bond motifs is 1. The first-order chi connectivity index (χ1) is 15.4. The predicted octanol–water partition coefficient (Wildman–Crippen LogP) is 7.94. The Morgan fingerprint density at radius 1 is 0.594 bits per heavy atom. The molecular weight excluding hydrogens is 419 g/mol. The summed E-state index contributed by atoms with van der Waals surface area (Å²) in [7, 11) is 0. The van der Waals surface area contributed by atoms with Gasteiger partial charge < -0.3 is 0 Å². The van der Waals surface area contributed by atoms with Crippen molar-refractivity contribution in [2.24, 2.45) is 0 Å². The molecule has 0 N–H and O–H groups in total. The quantitative estimate of drug-likeness (QED) is 0.211. The fraction of sp³-hybridized carbons (Fsp3) is 0.185. The van der Waals surface area contributed by atoms with Crippen molar-refractivity contribution in [2.75, 3.05) is 0 Å². The average Bonchev–Trinajstić information content (AvgIpc) is 2.80. The highest BCUT2D eigenvalue weighted by molar-refractivity contribution is 5.84. The number of rotatable bonds is 6. The first kappa shape index (κ1) is 22.0. The molecule has 32 heavy (non-hydrogen) atoms. The lowest BCUT2D eigenvalue weighted by molar-refractivity contribution is 0.453. The summed E-state index contributed by atoms with van der Waals surface area (Å²) < 4.78 is 69.5. The zero-order valence-corrected chi connectivity index (χ0v) is 17.5. The third kappa shape index (κ3) is 4.24. The normalized spacial score (nSPS) is 11.3. The molecule has 0 saturated heterocycles. The summed E-state index contributed by atoms with van der Waals surface area (Å²) in [5.41, 5.74) is 3.02. The van der Waals surface area contributed by atoms with Crippen molar-refractivity contribution in [1.29, 1.82) is 0 Å². The monoisotopic (exact) mass is 440 g/mol. The first-order valence-electron chi connectivity index (χ1n) is 10.5. The summed E-state index contributed by atoms with van der Waals surface area (Å²) in [4.78, 5) is 0. The van der Waals surface area contributed by atoms with Crippen molar-refractivity contribution in [3.63, 3.8) is 0 Å². The molecule has 0 amide bonds. The second-order valence-corrected chi connectivity index (χ2v) is 7.89. The second-order valence-electron chi connectivity index (χ2n) is 7.89. The third-order valence-electron chi connectivity index (χ3n) is 5.69. The van der Waals surface area contributed by atoms with E-state index in [4.69, 9.17) is 0 Å². The number of halogens is 5. The van der Waals surface area contributed by atoms with Crippen LogP contribution < -0.4 is 0 Å². The van der Waals surface area contributed by atoms with Crippen molar-refractivity contribution in [1.82, 2.24) is 0 Å². The van der Waals surface area contributed by atoms with Gasteiger partial charge in [-0.2, -0.15) is 0 Å². The Morgan fingerprint density at radius 2 is 1.28 bits per heavy atom. The standard InChI is InChI=1S/C27H21F5/c1-2-3-19-11-13-21(25(30)24(19)29)18-9-6-16(7-10-18)4-5-17-8-12-22-20(14-17)15-23(28)27(32)26(22)31/h6-15H,2-5H2,1H3. The molecule has 164 valence electrons. The van der Waals surface area contributed by atoms with Crippen molar-refractivity contribution >= 4 is 10.8 Å². The topological polar surface area (TPSA) is 0 Å². The van der Waals surface area contributed by atoms with Gasteiger partial charge in [0, 0.05) is 10.9 Å². The van der Waals surface area contributed by atoms with E-state index in [1.54, 1.807) is 36.4 Å². The largest absolute Gasteiger partial charge is 0.204 e. The summed E-state index contributed by atoms with van der Waals surface area (Å²) in [6.45, 7) is 1.91. The van der Waals surface area contributed by atoms with Crippen LogP contribution in [-0.2, 0) is 19.3 Å². The van der Waals surface area contributed by atoms with Gasteiger partial charge in [-0.3, -0.25) is 0 Å². The Kier molecular flexibility index (Phi) is 6.26. The van der Waals surface area contributed by atoms with Crippen LogP contribution in [0.15, 0.2) is 60.7 Å². The molecule has 0 nitrogen and oxygen atoms in total. The molecule has 0 fully saturated rings. The Balaban J connectivity index is 1.50. The van der Waals surface area contributed by atoms with Crippen LogP contribution in [0.3, 0.4) is 0 Å². The van der Waals surface area contributed by atoms with Crippen molar-refractivity contribution in [3.05, 3.63) is 106 Å². The van der Waals surface area contributed by atoms with E-state index in [0.29, 0.717) is 35.8 Å². The molecule has 5 heteroatoms. The molecule has 0 atom stereocenters. The second kappa shape index (κ2) is 9.11. The molecule has 0 aliphatic rings. The first-order valence-corrected chi connectivity index (χ1v) is 10.5. The van der Waals surface area contributed by atoms with E-state index in [0.717, 1.165) is 23.6 Å². The summed E-state index contributed by atoms with van der Waals surface area (Å²) in [6, 6.07) is 16.2. The maximum atomic E-state index is 14.5. The van der Waals surface area contributed by atoms with Crippen LogP contribution in [0.5, 0.6) is 0 Å². The highest BCUT2D eigenvalue weighted by atomic mass is 19.2. The molecule has 0 spiro atoms. The van der Waals surface area contributed by atoms with Crippen molar-refractivity contribution < 1.29 is 22.0 Å². The molecule has 4 aromatic carbocycles. The zero-order valence-electron chi connectivity index (χ0n) is 17.5. The minimum Gasteiger partial charge on any atom is -0.204 e. The van der Waals surface area contributed by atoms with E-state index in [9.17, 15) is 22.0 Å². The van der Waals surface area contributed by atoms with Gasteiger partial charge >= 0.3 is 0 Å². The molecule has 0 bridgehead atoms. The summed E-state index contributed by atoms with van der Waals surface area (Å²) in [5, 5.41) is 0.342. The lowest BCUT2D eigenvalue weighted by Gasteiger charge is -2.10. The number of hydrogen-bond acceptors (Lipinski definition) is 0. The fourth-order valence-corrected chi connectivity index (χ4v) is 3.92. The fourth-order valence-electron chi connectivity index (χ4n) is 3.92. The van der Waals surface area contributed by atoms with Gasteiger partial charge in [0.25, 0.3) is 0 Å². The molecule has 0 aliphatic heterocycles. The number of hydrogen-bond donors (Lipinski definition) is 0. The number of aryl methyl sites for hydroxylation is 3. The van der Waals surface area contributed by atoms with Crippen LogP contribution in [0.1, 0.15) is 30.0 Å². The van der Waals surface area contributed by atoms with Gasteiger partial charge in [-0.1, -0.05) is 67.9 Å². The molecular formula is C27H21F5. The van der Waals surface area contributed by atoms with Crippen molar-refractivity contribution in [3.8, 4) is 11.1 Å². The SMILES string of the molecule is CCCc1ccc(-c2ccc(CCc3ccc4c(F)c(F)c(F)cc4c3)cc2)c(F)c1F. The van der Waals surface area contributed by atoms with E-state index in [1.165, 1.54) is 6.07 Å². The molecule has 0 aliphatic carbocycles. The smallest absolute Gasteiger partial charge is 0.195 e. The Bertz CT molecular complexity index is 1280. The van der Waals surface area contributed by atoms with Gasteiger partial charge in [-0.05, 0) is 53.0 Å². The van der Waals surface area contributed by atoms with Crippen LogP contribution in [0.2, 0.25) is 0 Å². The van der Waals surface area contributed by atoms with E-state index >= 15 is 0 Å². The van der Waals surface area contributed by atoms with Gasteiger partial charge in [0.2, 0.25) is 0 Å². The van der Waals surface area contributed by atoms with E-state index in [2.05, 4.69) is 0 Å². The van der Waals surface area contributed by atoms with Crippen LogP contribution in [0.25, 0.3) is 21.9 Å². The molecule has 4 rings (SSSR count). The van der Waals surface area contributed by atoms with Gasteiger partial charge in [-0.25, -0.2) is 22.0 Å². The average molecular weight is 440 g/mol. The molecule has 0 aromatic heterocycles. The maximum absolute atomic E-state index is 14.5. The highest BCUT2D eigenvalue weighted by Gasteiger charge is 2.15. The Labute approximate surface area is 183 Å². The Hall–Kier alpha value is -3.21. The van der Waals surface area contributed by atoms with Crippen molar-refractivity contribution in [2.45, 2.75) is 32.6 Å². The maximum Gasteiger partial charge on any atom is 0.195 e. The summed E-state index contributed by atoms with van der Waals surface area (Å²) in [5.74, 6) is -5.50. The van der Waals surface area contributed by atoms with Gasteiger partial charge in [-0.15, -0.1) is 0 Å². The highest BCUT2D eigenvalue weighted by Crippen LogP contribution is 2.28. The Morgan fingerprint density at radius 3 is 2.00 bits per heavy atom. The van der Waals surface area contributed by atoms with E-state index in [1.807, 2.05) is 19.1 Å². The predicted molar refractivity (Wildman–Crippen MR) is 117 cm³/mol. The van der Waals surface area contributed by atoms with E-state index in [-0.39, 0.29) is 10.9 Å². The van der Waals surface area contributed by atoms with Gasteiger partial charge in [0.1, 0.15) is 0 Å². The van der Waals surface area contributed by atoms with E-state index < -0.39 is 29.1 Å². The summed E-state index contributed by atoms with van der Waals surface area (Å²) >= 11 is 0. The zero-order chi connectivity index (χ0) is 22.8. The lowest BCUT2D eigenvalue weighted by atomic mass is 9.97. The lowest BCUT2D eigenvalue weighted by Crippen LogP contribution is -1.97. The number of benzene rings is 4. The minimum absolute atomic E-state index is 0.0382. The molecule has 0 radical (unpaired) electrons. The van der Waals surface area contributed by atoms with Crippen LogP contribution in [0.4, 0.5) is 22.0 Å². The van der Waals surface area contributed by atoms with Gasteiger partial charge in [0.15, 0.2) is 29.1 Å². The minimum atomic E-state index is -1.47. The van der Waals surface area contributed by atoms with Crippen LogP contribution in [0, 0.1) is 29.1 Å².